The molecule has 0 saturated carbocycles. The fraction of sp³-hybridized carbons (Fsp3) is 0.231. The summed E-state index contributed by atoms with van der Waals surface area (Å²) in [5, 5.41) is 19.8. The Morgan fingerprint density at radius 2 is 2.47 bits per heavy atom. The van der Waals surface area contributed by atoms with Crippen LogP contribution in [0.5, 0.6) is 0 Å². The van der Waals surface area contributed by atoms with Crippen LogP contribution in [0.1, 0.15) is 27.2 Å². The van der Waals surface area contributed by atoms with Crippen molar-refractivity contribution in [2.45, 2.75) is 13.0 Å². The first kappa shape index (κ1) is 13.3. The van der Waals surface area contributed by atoms with Gasteiger partial charge in [0.2, 0.25) is 0 Å². The molecule has 2 aromatic heterocycles. The van der Waals surface area contributed by atoms with Crippen molar-refractivity contribution in [3.8, 4) is 11.8 Å². The van der Waals surface area contributed by atoms with Crippen LogP contribution in [0.25, 0.3) is 0 Å². The Bertz CT molecular complexity index is 593. The van der Waals surface area contributed by atoms with E-state index < -0.39 is 0 Å². The Morgan fingerprint density at radius 3 is 3.21 bits per heavy atom. The lowest BCUT2D eigenvalue weighted by Gasteiger charge is -2.01. The average Bonchev–Trinajstić information content (AvgIpc) is 3.07. The van der Waals surface area contributed by atoms with Crippen molar-refractivity contribution in [2.75, 3.05) is 6.61 Å². The number of hydrogen-bond acceptors (Lipinski definition) is 4. The van der Waals surface area contributed by atoms with Gasteiger partial charge >= 0.3 is 0 Å². The molecule has 19 heavy (non-hydrogen) atoms. The van der Waals surface area contributed by atoms with Crippen molar-refractivity contribution in [3.63, 3.8) is 0 Å². The van der Waals surface area contributed by atoms with Crippen LogP contribution in [-0.4, -0.2) is 27.8 Å². The third-order valence-electron chi connectivity index (χ3n) is 2.34. The molecule has 0 spiro atoms. The van der Waals surface area contributed by atoms with Crippen molar-refractivity contribution >= 4 is 17.2 Å². The van der Waals surface area contributed by atoms with Gasteiger partial charge in [0.05, 0.1) is 12.8 Å². The van der Waals surface area contributed by atoms with E-state index in [1.807, 2.05) is 11.4 Å². The average molecular weight is 275 g/mol. The summed E-state index contributed by atoms with van der Waals surface area (Å²) in [4.78, 5) is 12.6. The zero-order chi connectivity index (χ0) is 13.5. The summed E-state index contributed by atoms with van der Waals surface area (Å²) in [6.45, 7) is 0.454. The lowest BCUT2D eigenvalue weighted by atomic mass is 10.2. The Hall–Kier alpha value is -2.10. The summed E-state index contributed by atoms with van der Waals surface area (Å²) in [7, 11) is 0. The number of amides is 1. The molecule has 0 aliphatic carbocycles. The van der Waals surface area contributed by atoms with E-state index >= 15 is 0 Å². The van der Waals surface area contributed by atoms with Gasteiger partial charge in [0.15, 0.2) is 0 Å². The number of thiophene rings is 1. The quantitative estimate of drug-likeness (QED) is 0.732. The van der Waals surface area contributed by atoms with Crippen LogP contribution in [0.3, 0.4) is 0 Å². The van der Waals surface area contributed by atoms with E-state index in [1.54, 1.807) is 12.4 Å². The van der Waals surface area contributed by atoms with Gasteiger partial charge in [0, 0.05) is 30.3 Å². The molecule has 2 rings (SSSR count). The SMILES string of the molecule is O=C(NCc1cn[nH]c1)c1sccc1C#CCCO. The van der Waals surface area contributed by atoms with Crippen LogP contribution in [0.15, 0.2) is 23.8 Å². The van der Waals surface area contributed by atoms with E-state index in [1.165, 1.54) is 11.3 Å². The third kappa shape index (κ3) is 3.68. The fourth-order valence-corrected chi connectivity index (χ4v) is 2.20. The number of nitrogens with one attached hydrogen (secondary N) is 2. The number of aromatic amines is 1. The first-order valence-electron chi connectivity index (χ1n) is 5.74. The highest BCUT2D eigenvalue weighted by Gasteiger charge is 2.11. The molecule has 6 heteroatoms. The first-order chi connectivity index (χ1) is 9.31. The number of nitrogens with zero attached hydrogens (tertiary/aromatic N) is 1. The van der Waals surface area contributed by atoms with Gasteiger partial charge in [-0.3, -0.25) is 9.89 Å². The normalized spacial score (nSPS) is 9.74. The van der Waals surface area contributed by atoms with E-state index in [0.717, 1.165) is 5.56 Å². The molecule has 0 saturated heterocycles. The number of carbonyl (C=O) groups excluding carboxylic acids is 1. The van der Waals surface area contributed by atoms with Crippen molar-refractivity contribution < 1.29 is 9.90 Å². The van der Waals surface area contributed by atoms with Crippen LogP contribution in [0.2, 0.25) is 0 Å². The second-order valence-electron chi connectivity index (χ2n) is 3.73. The van der Waals surface area contributed by atoms with Crippen LogP contribution in [0.4, 0.5) is 0 Å². The zero-order valence-electron chi connectivity index (χ0n) is 10.1. The molecular formula is C13H13N3O2S. The summed E-state index contributed by atoms with van der Waals surface area (Å²) < 4.78 is 0. The van der Waals surface area contributed by atoms with Gasteiger partial charge in [-0.15, -0.1) is 11.3 Å². The van der Waals surface area contributed by atoms with E-state index in [-0.39, 0.29) is 12.5 Å². The molecule has 3 N–H and O–H groups in total. The summed E-state index contributed by atoms with van der Waals surface area (Å²) in [6, 6.07) is 1.81. The second kappa shape index (κ2) is 6.73. The Balaban J connectivity index is 1.99. The van der Waals surface area contributed by atoms with E-state index in [4.69, 9.17) is 5.11 Å². The minimum absolute atomic E-state index is 0.0269. The Morgan fingerprint density at radius 1 is 1.58 bits per heavy atom. The largest absolute Gasteiger partial charge is 0.395 e. The maximum Gasteiger partial charge on any atom is 0.262 e. The molecule has 0 unspecified atom stereocenters. The molecule has 2 aromatic rings. The van der Waals surface area contributed by atoms with Crippen molar-refractivity contribution in [1.29, 1.82) is 0 Å². The van der Waals surface area contributed by atoms with Crippen molar-refractivity contribution in [2.24, 2.45) is 0 Å². The number of H-pyrrole nitrogens is 1. The van der Waals surface area contributed by atoms with Crippen LogP contribution in [-0.2, 0) is 6.54 Å². The molecule has 98 valence electrons. The van der Waals surface area contributed by atoms with Gasteiger partial charge in [0.1, 0.15) is 4.88 Å². The van der Waals surface area contributed by atoms with Crippen LogP contribution < -0.4 is 5.32 Å². The molecule has 0 aliphatic rings. The van der Waals surface area contributed by atoms with E-state index in [9.17, 15) is 4.79 Å². The van der Waals surface area contributed by atoms with Crippen LogP contribution in [0, 0.1) is 11.8 Å². The molecule has 5 nitrogen and oxygen atoms in total. The number of aliphatic hydroxyl groups is 1. The molecule has 0 bridgehead atoms. The van der Waals surface area contributed by atoms with Crippen LogP contribution >= 0.6 is 11.3 Å². The highest BCUT2D eigenvalue weighted by molar-refractivity contribution is 7.12. The van der Waals surface area contributed by atoms with Gasteiger partial charge in [-0.1, -0.05) is 11.8 Å². The van der Waals surface area contributed by atoms with Gasteiger partial charge < -0.3 is 10.4 Å². The number of carbonyl (C=O) groups is 1. The predicted octanol–water partition coefficient (Wildman–Crippen LogP) is 1.14. The molecule has 0 aliphatic heterocycles. The molecule has 0 aromatic carbocycles. The second-order valence-corrected chi connectivity index (χ2v) is 4.64. The number of rotatable bonds is 4. The zero-order valence-corrected chi connectivity index (χ0v) is 11.0. The third-order valence-corrected chi connectivity index (χ3v) is 3.25. The summed E-state index contributed by atoms with van der Waals surface area (Å²) in [6.07, 6.45) is 3.80. The Labute approximate surface area is 114 Å². The molecule has 0 radical (unpaired) electrons. The molecule has 1 amide bonds. The topological polar surface area (TPSA) is 78.0 Å². The highest BCUT2D eigenvalue weighted by atomic mass is 32.1. The lowest BCUT2D eigenvalue weighted by Crippen LogP contribution is -2.22. The fourth-order valence-electron chi connectivity index (χ4n) is 1.43. The van der Waals surface area contributed by atoms with Gasteiger partial charge in [-0.2, -0.15) is 5.10 Å². The van der Waals surface area contributed by atoms with Gasteiger partial charge in [-0.05, 0) is 11.4 Å². The highest BCUT2D eigenvalue weighted by Crippen LogP contribution is 2.15. The first-order valence-corrected chi connectivity index (χ1v) is 6.62. The maximum atomic E-state index is 12.0. The van der Waals surface area contributed by atoms with Gasteiger partial charge in [-0.25, -0.2) is 0 Å². The predicted molar refractivity (Wildman–Crippen MR) is 72.7 cm³/mol. The summed E-state index contributed by atoms with van der Waals surface area (Å²) in [5.41, 5.74) is 1.61. The van der Waals surface area contributed by atoms with Crippen molar-refractivity contribution in [3.05, 3.63) is 39.8 Å². The minimum atomic E-state index is -0.149. The van der Waals surface area contributed by atoms with Crippen molar-refractivity contribution in [1.82, 2.24) is 15.5 Å². The smallest absolute Gasteiger partial charge is 0.262 e. The molecular weight excluding hydrogens is 262 g/mol. The van der Waals surface area contributed by atoms with E-state index in [2.05, 4.69) is 27.4 Å². The Kier molecular flexibility index (Phi) is 4.72. The monoisotopic (exact) mass is 275 g/mol. The molecule has 0 atom stereocenters. The molecule has 0 fully saturated rings. The maximum absolute atomic E-state index is 12.0. The number of aromatic nitrogens is 2. The summed E-state index contributed by atoms with van der Waals surface area (Å²) >= 11 is 1.35. The van der Waals surface area contributed by atoms with E-state index in [0.29, 0.717) is 23.4 Å². The number of hydrogen-bond donors (Lipinski definition) is 3. The molecule has 2 heterocycles. The lowest BCUT2D eigenvalue weighted by molar-refractivity contribution is 0.0955. The standard InChI is InChI=1S/C13H13N3O2S/c17-5-2-1-3-11-4-6-19-12(11)13(18)14-7-10-8-15-16-9-10/h4,6,8-9,17H,2,5,7H2,(H,14,18)(H,15,16). The minimum Gasteiger partial charge on any atom is -0.395 e. The van der Waals surface area contributed by atoms with Gasteiger partial charge in [0.25, 0.3) is 5.91 Å². The number of aliphatic hydroxyl groups excluding tert-OH is 1. The summed E-state index contributed by atoms with van der Waals surface area (Å²) in [5.74, 6) is 5.55.